The second-order valence-electron chi connectivity index (χ2n) is 18.5. The van der Waals surface area contributed by atoms with Crippen LogP contribution in [0.25, 0.3) is 83.6 Å². The van der Waals surface area contributed by atoms with Gasteiger partial charge in [-0.05, 0) is 110 Å². The van der Waals surface area contributed by atoms with Crippen LogP contribution in [0.1, 0.15) is 82.6 Å². The van der Waals surface area contributed by atoms with Crippen LogP contribution in [0.3, 0.4) is 0 Å². The molecule has 0 aliphatic carbocycles. The molecular weight excluding hydrogens is 1030 g/mol. The Morgan fingerprint density at radius 3 is 1.88 bits per heavy atom. The molecule has 10 rings (SSSR count). The Bertz CT molecular complexity index is 3340. The van der Waals surface area contributed by atoms with Gasteiger partial charge in [-0.2, -0.15) is 13.2 Å². The fourth-order valence-electron chi connectivity index (χ4n) is 8.67. The molecule has 9 heteroatoms. The Balaban J connectivity index is 0.000000312. The molecule has 0 fully saturated rings. The molecule has 4 nitrogen and oxygen atoms in total. The third kappa shape index (κ3) is 9.43. The molecular formula is C59H49F4IrN3O-2. The number of hydrogen-bond acceptors (Lipinski definition) is 3. The van der Waals surface area contributed by atoms with Crippen LogP contribution in [-0.2, 0) is 31.7 Å². The molecule has 0 bridgehead atoms. The molecule has 0 spiro atoms. The first-order valence-electron chi connectivity index (χ1n) is 22.5. The van der Waals surface area contributed by atoms with E-state index in [9.17, 15) is 13.2 Å². The van der Waals surface area contributed by atoms with Gasteiger partial charge >= 0.3 is 6.18 Å². The van der Waals surface area contributed by atoms with Crippen molar-refractivity contribution in [3.05, 3.63) is 198 Å². The summed E-state index contributed by atoms with van der Waals surface area (Å²) >= 11 is 0. The van der Waals surface area contributed by atoms with Gasteiger partial charge in [-0.3, -0.25) is 4.98 Å². The predicted molar refractivity (Wildman–Crippen MR) is 264 cm³/mol. The van der Waals surface area contributed by atoms with Crippen LogP contribution in [0.5, 0.6) is 0 Å². The number of aromatic nitrogens is 3. The fraction of sp³-hybridized carbons (Fsp3) is 0.186. The third-order valence-corrected chi connectivity index (χ3v) is 12.2. The van der Waals surface area contributed by atoms with E-state index in [0.717, 1.165) is 51.0 Å². The number of pyridine rings is 1. The summed E-state index contributed by atoms with van der Waals surface area (Å²) < 4.78 is 61.3. The number of para-hydroxylation sites is 2. The minimum absolute atomic E-state index is 0. The van der Waals surface area contributed by atoms with Gasteiger partial charge in [0.2, 0.25) is 0 Å². The van der Waals surface area contributed by atoms with Gasteiger partial charge in [-0.25, -0.2) is 4.39 Å². The number of benzene rings is 7. The van der Waals surface area contributed by atoms with Crippen LogP contribution >= 0.6 is 0 Å². The first-order chi connectivity index (χ1) is 32.1. The second-order valence-corrected chi connectivity index (χ2v) is 18.5. The first kappa shape index (κ1) is 47.8. The predicted octanol–water partition coefficient (Wildman–Crippen LogP) is 17.0. The Labute approximate surface area is 408 Å². The molecule has 10 aromatic rings. The smallest absolute Gasteiger partial charge is 0.381 e. The van der Waals surface area contributed by atoms with Gasteiger partial charge in [-0.15, -0.1) is 48.0 Å². The van der Waals surface area contributed by atoms with Crippen molar-refractivity contribution in [1.82, 2.24) is 14.5 Å². The van der Waals surface area contributed by atoms with Gasteiger partial charge in [0.25, 0.3) is 0 Å². The molecule has 345 valence electrons. The van der Waals surface area contributed by atoms with Crippen molar-refractivity contribution in [3.63, 3.8) is 0 Å². The van der Waals surface area contributed by atoms with Gasteiger partial charge < -0.3 is 14.0 Å². The molecule has 0 saturated carbocycles. The van der Waals surface area contributed by atoms with Crippen LogP contribution in [0.2, 0.25) is 0 Å². The zero-order chi connectivity index (χ0) is 47.2. The van der Waals surface area contributed by atoms with E-state index in [-0.39, 0.29) is 43.2 Å². The van der Waals surface area contributed by atoms with Crippen LogP contribution in [0.15, 0.2) is 162 Å². The van der Waals surface area contributed by atoms with E-state index in [4.69, 9.17) is 9.40 Å². The minimum atomic E-state index is -4.32. The number of furan rings is 1. The van der Waals surface area contributed by atoms with Crippen LogP contribution in [0.4, 0.5) is 17.6 Å². The Hall–Kier alpha value is -6.67. The van der Waals surface area contributed by atoms with Crippen LogP contribution in [-0.4, -0.2) is 14.5 Å². The van der Waals surface area contributed by atoms with Gasteiger partial charge in [0, 0.05) is 37.4 Å². The summed E-state index contributed by atoms with van der Waals surface area (Å²) in [6.45, 7) is 15.1. The van der Waals surface area contributed by atoms with Crippen LogP contribution in [0, 0.1) is 17.9 Å². The van der Waals surface area contributed by atoms with Crippen molar-refractivity contribution in [2.24, 2.45) is 0 Å². The molecule has 3 aromatic heterocycles. The summed E-state index contributed by atoms with van der Waals surface area (Å²) in [5, 5.41) is 1.60. The molecule has 3 heterocycles. The number of hydrogen-bond donors (Lipinski definition) is 0. The summed E-state index contributed by atoms with van der Waals surface area (Å²) in [5.41, 5.74) is 13.1. The summed E-state index contributed by atoms with van der Waals surface area (Å²) in [6, 6.07) is 54.4. The molecule has 0 aliphatic rings. The van der Waals surface area contributed by atoms with Crippen molar-refractivity contribution in [1.29, 1.82) is 0 Å². The van der Waals surface area contributed by atoms with Gasteiger partial charge in [0.1, 0.15) is 11.4 Å². The van der Waals surface area contributed by atoms with E-state index in [1.54, 1.807) is 30.5 Å². The van der Waals surface area contributed by atoms with E-state index in [1.807, 2.05) is 51.1 Å². The number of alkyl halides is 3. The van der Waals surface area contributed by atoms with Gasteiger partial charge in [-0.1, -0.05) is 138 Å². The maximum Gasteiger partial charge on any atom is 0.381 e. The molecule has 68 heavy (non-hydrogen) atoms. The summed E-state index contributed by atoms with van der Waals surface area (Å²) in [4.78, 5) is 9.30. The molecule has 7 aromatic carbocycles. The maximum atomic E-state index is 15.5. The molecule has 1 radical (unpaired) electrons. The van der Waals surface area contributed by atoms with E-state index in [2.05, 4.69) is 128 Å². The fourth-order valence-corrected chi connectivity index (χ4v) is 8.67. The second kappa shape index (κ2) is 19.1. The molecule has 0 amide bonds. The van der Waals surface area contributed by atoms with Gasteiger partial charge in [0.15, 0.2) is 0 Å². The average Bonchev–Trinajstić information content (AvgIpc) is 3.89. The number of halogens is 4. The summed E-state index contributed by atoms with van der Waals surface area (Å²) in [5.74, 6) is 0.970. The number of nitrogens with zero attached hydrogens (tertiary/aromatic N) is 3. The minimum Gasteiger partial charge on any atom is -0.501 e. The summed E-state index contributed by atoms with van der Waals surface area (Å²) in [6.07, 6.45) is -2.74. The maximum absolute atomic E-state index is 15.5. The molecule has 0 atom stereocenters. The zero-order valence-electron chi connectivity index (χ0n) is 38.8. The third-order valence-electron chi connectivity index (χ3n) is 12.2. The number of rotatable bonds is 7. The number of imidazole rings is 1. The van der Waals surface area contributed by atoms with Gasteiger partial charge in [0.05, 0.1) is 22.4 Å². The molecule has 0 unspecified atom stereocenters. The van der Waals surface area contributed by atoms with Crippen LogP contribution < -0.4 is 0 Å². The average molecular weight is 1080 g/mol. The standard InChI is InChI=1S/C47H42FN2O.C12H7F3N.Ir/c1-28(2)36-24-33(32-22-20-31(21-23-32)30-14-9-8-10-15-30)25-37(29(3)4)44(36)50-42-19-12-11-18-41(42)49-46(50)35-17-13-16-34-38-26-40(48)39(47(5,6)7)27-43(38)51-45(34)35;13-12(14,15)10-6-4-9(5-7-10)11-3-1-2-8-16-11;/h8-16,18-29H,1-7H3;1-4,6-8H;/q2*-1;. The van der Waals surface area contributed by atoms with E-state index in [0.29, 0.717) is 28.0 Å². The molecule has 0 saturated heterocycles. The summed E-state index contributed by atoms with van der Waals surface area (Å²) in [7, 11) is 0. The number of fused-ring (bicyclic) bond motifs is 4. The first-order valence-corrected chi connectivity index (χ1v) is 22.5. The van der Waals surface area contributed by atoms with E-state index >= 15 is 4.39 Å². The molecule has 0 N–H and O–H groups in total. The monoisotopic (exact) mass is 1080 g/mol. The van der Waals surface area contributed by atoms with Crippen molar-refractivity contribution >= 4 is 33.0 Å². The topological polar surface area (TPSA) is 43.9 Å². The SMILES string of the molecule is CC(C)c1cc(-c2ccc(-c3ccccc3)cc2)cc(C(C)C)c1-n1c(-c2[c-]ccc3c2oc2cc(C(C)(C)C)c(F)cc23)nc2ccccc21.FC(F)(F)c1c[c-]c(-c2ccccn2)cc1.[Ir]. The normalized spacial score (nSPS) is 11.9. The quantitative estimate of drug-likeness (QED) is 0.118. The Morgan fingerprint density at radius 1 is 0.647 bits per heavy atom. The van der Waals surface area contributed by atoms with E-state index in [1.165, 1.54) is 39.4 Å². The van der Waals surface area contributed by atoms with E-state index < -0.39 is 11.7 Å². The Morgan fingerprint density at radius 2 is 1.28 bits per heavy atom. The van der Waals surface area contributed by atoms with Crippen molar-refractivity contribution in [3.8, 4) is 50.6 Å². The Kier molecular flexibility index (Phi) is 13.5. The van der Waals surface area contributed by atoms with Crippen molar-refractivity contribution in [2.45, 2.75) is 71.9 Å². The van der Waals surface area contributed by atoms with Crippen molar-refractivity contribution in [2.75, 3.05) is 0 Å². The molecule has 0 aliphatic heterocycles. The largest absolute Gasteiger partial charge is 0.501 e. The van der Waals surface area contributed by atoms with Crippen molar-refractivity contribution < 1.29 is 42.1 Å². The zero-order valence-corrected chi connectivity index (χ0v) is 41.2.